The minimum atomic E-state index is -0.603. The number of halogens is 1. The van der Waals surface area contributed by atoms with E-state index in [9.17, 15) is 9.18 Å². The van der Waals surface area contributed by atoms with Crippen molar-refractivity contribution in [2.45, 2.75) is 38.8 Å². The molecule has 1 aliphatic heterocycles. The van der Waals surface area contributed by atoms with Crippen molar-refractivity contribution < 1.29 is 13.9 Å². The van der Waals surface area contributed by atoms with Crippen molar-refractivity contribution in [2.24, 2.45) is 0 Å². The zero-order valence-electron chi connectivity index (χ0n) is 17.6. The molecule has 9 heteroatoms. The summed E-state index contributed by atoms with van der Waals surface area (Å²) in [5.74, 6) is -0.321. The van der Waals surface area contributed by atoms with Gasteiger partial charge in [0.15, 0.2) is 0 Å². The maximum absolute atomic E-state index is 14.3. The fourth-order valence-electron chi connectivity index (χ4n) is 3.84. The number of carbonyl (C=O) groups is 1. The zero-order chi connectivity index (χ0) is 22.3. The van der Waals surface area contributed by atoms with E-state index in [1.165, 1.54) is 18.5 Å². The van der Waals surface area contributed by atoms with E-state index in [-0.39, 0.29) is 23.5 Å². The van der Waals surface area contributed by atoms with E-state index < -0.39 is 11.4 Å². The number of hydrogen-bond acceptors (Lipinski definition) is 6. The van der Waals surface area contributed by atoms with Crippen LogP contribution in [-0.4, -0.2) is 44.2 Å². The lowest BCUT2D eigenvalue weighted by Crippen LogP contribution is -2.35. The average molecular weight is 422 g/mol. The Balaban J connectivity index is 1.72. The molecule has 0 spiro atoms. The van der Waals surface area contributed by atoms with Crippen LogP contribution in [0.5, 0.6) is 0 Å². The lowest BCUT2D eigenvalue weighted by Gasteiger charge is -2.24. The van der Waals surface area contributed by atoms with Crippen molar-refractivity contribution in [1.82, 2.24) is 19.4 Å². The number of nitrogens with zero attached hydrogens (tertiary/aromatic N) is 5. The van der Waals surface area contributed by atoms with E-state index in [2.05, 4.69) is 9.97 Å². The highest BCUT2D eigenvalue weighted by Crippen LogP contribution is 2.37. The first-order chi connectivity index (χ1) is 14.7. The number of likely N-dealkylation sites (tertiary alicyclic amines) is 1. The summed E-state index contributed by atoms with van der Waals surface area (Å²) in [6, 6.07) is 6.21. The van der Waals surface area contributed by atoms with Crippen LogP contribution in [0.2, 0.25) is 0 Å². The summed E-state index contributed by atoms with van der Waals surface area (Å²) < 4.78 is 21.7. The number of aromatic nitrogens is 3. The Morgan fingerprint density at radius 2 is 2.13 bits per heavy atom. The van der Waals surface area contributed by atoms with Crippen molar-refractivity contribution in [1.29, 1.82) is 5.26 Å². The lowest BCUT2D eigenvalue weighted by atomic mass is 10.0. The monoisotopic (exact) mass is 422 g/mol. The van der Waals surface area contributed by atoms with Gasteiger partial charge in [0, 0.05) is 24.8 Å². The first-order valence-corrected chi connectivity index (χ1v) is 9.97. The lowest BCUT2D eigenvalue weighted by molar-refractivity contribution is 0.0289. The van der Waals surface area contributed by atoms with E-state index in [4.69, 9.17) is 15.7 Å². The van der Waals surface area contributed by atoms with E-state index in [0.717, 1.165) is 0 Å². The Morgan fingerprint density at radius 3 is 2.81 bits per heavy atom. The first kappa shape index (κ1) is 20.6. The number of benzene rings is 1. The highest BCUT2D eigenvalue weighted by Gasteiger charge is 2.32. The maximum Gasteiger partial charge on any atom is 0.410 e. The fraction of sp³-hybridized carbons (Fsp3) is 0.364. The van der Waals surface area contributed by atoms with Gasteiger partial charge >= 0.3 is 6.09 Å². The largest absolute Gasteiger partial charge is 0.444 e. The van der Waals surface area contributed by atoms with E-state index in [0.29, 0.717) is 41.7 Å². The summed E-state index contributed by atoms with van der Waals surface area (Å²) in [5, 5.41) is 9.62. The molecule has 3 aromatic rings. The smallest absolute Gasteiger partial charge is 0.410 e. The average Bonchev–Trinajstić information content (AvgIpc) is 3.32. The summed E-state index contributed by atoms with van der Waals surface area (Å²) in [6.45, 7) is 6.52. The molecule has 4 rings (SSSR count). The number of rotatable bonds is 2. The number of nitrogen functional groups attached to an aromatic ring is 1. The first-order valence-electron chi connectivity index (χ1n) is 9.97. The Bertz CT molecular complexity index is 1210. The van der Waals surface area contributed by atoms with E-state index in [1.807, 2.05) is 37.6 Å². The minimum absolute atomic E-state index is 0.0273. The van der Waals surface area contributed by atoms with Crippen molar-refractivity contribution in [3.63, 3.8) is 0 Å². The molecule has 1 amide bonds. The quantitative estimate of drug-likeness (QED) is 0.671. The number of nitriles is 1. The molecular weight excluding hydrogens is 399 g/mol. The highest BCUT2D eigenvalue weighted by molar-refractivity contribution is 6.00. The van der Waals surface area contributed by atoms with Gasteiger partial charge in [-0.05, 0) is 44.9 Å². The summed E-state index contributed by atoms with van der Waals surface area (Å²) in [4.78, 5) is 22.6. The van der Waals surface area contributed by atoms with Crippen LogP contribution in [0.3, 0.4) is 0 Å². The number of carbonyl (C=O) groups excluding carboxylic acids is 1. The van der Waals surface area contributed by atoms with Gasteiger partial charge < -0.3 is 19.9 Å². The van der Waals surface area contributed by atoms with Gasteiger partial charge in [-0.3, -0.25) is 0 Å². The molecular formula is C22H23FN6O2. The Hall–Kier alpha value is -3.67. The van der Waals surface area contributed by atoms with Crippen molar-refractivity contribution in [3.8, 4) is 17.2 Å². The molecule has 1 fully saturated rings. The Morgan fingerprint density at radius 1 is 1.35 bits per heavy atom. The number of ether oxygens (including phenoxy) is 1. The van der Waals surface area contributed by atoms with Gasteiger partial charge in [0.1, 0.15) is 35.3 Å². The molecule has 31 heavy (non-hydrogen) atoms. The number of nitrogens with two attached hydrogens (primary N) is 1. The van der Waals surface area contributed by atoms with Gasteiger partial charge in [-0.1, -0.05) is 6.07 Å². The second-order valence-corrected chi connectivity index (χ2v) is 8.58. The number of hydrogen-bond donors (Lipinski definition) is 1. The second-order valence-electron chi connectivity index (χ2n) is 8.58. The predicted octanol–water partition coefficient (Wildman–Crippen LogP) is 3.87. The van der Waals surface area contributed by atoms with Gasteiger partial charge in [-0.25, -0.2) is 19.2 Å². The topological polar surface area (TPSA) is 110 Å². The molecule has 1 aromatic carbocycles. The molecule has 0 bridgehead atoms. The number of anilines is 1. The van der Waals surface area contributed by atoms with Crippen LogP contribution in [0.4, 0.5) is 15.0 Å². The number of fused-ring (bicyclic) bond motifs is 1. The van der Waals surface area contributed by atoms with Crippen LogP contribution in [-0.2, 0) is 4.74 Å². The van der Waals surface area contributed by atoms with Gasteiger partial charge in [0.25, 0.3) is 0 Å². The Kier molecular flexibility index (Phi) is 5.01. The molecule has 1 aliphatic rings. The highest BCUT2D eigenvalue weighted by atomic mass is 19.1. The van der Waals surface area contributed by atoms with Gasteiger partial charge in [0.05, 0.1) is 17.0 Å². The molecule has 8 nitrogen and oxygen atoms in total. The maximum atomic E-state index is 14.3. The molecule has 1 atom stereocenters. The van der Waals surface area contributed by atoms with Crippen LogP contribution in [0, 0.1) is 17.1 Å². The normalized spacial score (nSPS) is 16.5. The van der Waals surface area contributed by atoms with Crippen molar-refractivity contribution in [3.05, 3.63) is 42.1 Å². The van der Waals surface area contributed by atoms with Crippen LogP contribution in [0.25, 0.3) is 22.2 Å². The molecule has 160 valence electrons. The SMILES string of the molecule is CC(C)(C)OC(=O)N1CCC(n2cc(-c3ccc(C#N)c(F)c3)c3c(N)ncnc32)C1. The molecule has 0 radical (unpaired) electrons. The van der Waals surface area contributed by atoms with Gasteiger partial charge in [0.2, 0.25) is 0 Å². The molecule has 0 saturated carbocycles. The molecule has 1 saturated heterocycles. The standard InChI is InChI=1S/C22H23FN6O2/c1-22(2,3)31-21(30)28-7-6-15(10-28)29-11-16(18-19(25)26-12-27-20(18)29)13-4-5-14(9-24)17(23)8-13/h4-5,8,11-12,15H,6-7,10H2,1-3H3,(H2,25,26,27). The molecule has 2 N–H and O–H groups in total. The van der Waals surface area contributed by atoms with Crippen LogP contribution in [0.1, 0.15) is 38.8 Å². The predicted molar refractivity (Wildman–Crippen MR) is 114 cm³/mol. The van der Waals surface area contributed by atoms with Gasteiger partial charge in [-0.15, -0.1) is 0 Å². The van der Waals surface area contributed by atoms with Crippen LogP contribution < -0.4 is 5.73 Å². The summed E-state index contributed by atoms with van der Waals surface area (Å²) in [6.07, 6.45) is 3.61. The minimum Gasteiger partial charge on any atom is -0.444 e. The Labute approximate surface area is 179 Å². The van der Waals surface area contributed by atoms with E-state index in [1.54, 1.807) is 11.0 Å². The third kappa shape index (κ3) is 3.89. The summed E-state index contributed by atoms with van der Waals surface area (Å²) in [5.41, 5.74) is 7.42. The summed E-state index contributed by atoms with van der Waals surface area (Å²) >= 11 is 0. The third-order valence-electron chi connectivity index (χ3n) is 5.25. The van der Waals surface area contributed by atoms with Gasteiger partial charge in [-0.2, -0.15) is 5.26 Å². The second kappa shape index (κ2) is 7.54. The zero-order valence-corrected chi connectivity index (χ0v) is 17.6. The van der Waals surface area contributed by atoms with Crippen molar-refractivity contribution in [2.75, 3.05) is 18.8 Å². The summed E-state index contributed by atoms with van der Waals surface area (Å²) in [7, 11) is 0. The van der Waals surface area contributed by atoms with Crippen LogP contribution in [0.15, 0.2) is 30.7 Å². The van der Waals surface area contributed by atoms with Crippen LogP contribution >= 0.6 is 0 Å². The molecule has 0 aliphatic carbocycles. The fourth-order valence-corrected chi connectivity index (χ4v) is 3.84. The van der Waals surface area contributed by atoms with Crippen molar-refractivity contribution >= 4 is 22.9 Å². The molecule has 1 unspecified atom stereocenters. The third-order valence-corrected chi connectivity index (χ3v) is 5.25. The molecule has 3 heterocycles. The number of amides is 1. The van der Waals surface area contributed by atoms with E-state index >= 15 is 0 Å². The molecule has 2 aromatic heterocycles.